The minimum absolute atomic E-state index is 0.0165. The molecule has 136 valence electrons. The van der Waals surface area contributed by atoms with Crippen LogP contribution in [-0.2, 0) is 4.79 Å². The number of aliphatic hydroxyl groups excluding tert-OH is 1. The molecule has 2 rings (SSSR count). The Hall–Kier alpha value is -3.46. The molecule has 0 spiro atoms. The van der Waals surface area contributed by atoms with E-state index in [4.69, 9.17) is 4.74 Å². The van der Waals surface area contributed by atoms with Crippen LogP contribution in [0.2, 0.25) is 0 Å². The Morgan fingerprint density at radius 1 is 1.38 bits per heavy atom. The van der Waals surface area contributed by atoms with E-state index in [1.165, 1.54) is 0 Å². The Morgan fingerprint density at radius 3 is 2.69 bits per heavy atom. The number of nitro benzene ring substituents is 1. The summed E-state index contributed by atoms with van der Waals surface area (Å²) < 4.78 is 5.15. The van der Waals surface area contributed by atoms with Crippen molar-refractivity contribution in [2.75, 3.05) is 6.61 Å². The van der Waals surface area contributed by atoms with Crippen LogP contribution in [0.25, 0.3) is 0 Å². The van der Waals surface area contributed by atoms with Crippen molar-refractivity contribution in [2.45, 2.75) is 13.0 Å². The number of hydrogen-bond donors (Lipinski definition) is 3. The minimum Gasteiger partial charge on any atom is -0.504 e. The number of carbonyl (C=O) groups is 1. The molecule has 9 nitrogen and oxygen atoms in total. The Morgan fingerprint density at radius 2 is 2.08 bits per heavy atom. The topological polar surface area (TPSA) is 134 Å². The highest BCUT2D eigenvalue weighted by atomic mass is 16.6. The first-order valence-electron chi connectivity index (χ1n) is 7.64. The zero-order valence-electron chi connectivity index (χ0n) is 13.8. The molecule has 2 aromatic carbocycles. The normalized spacial score (nSPS) is 11.9. The smallest absolute Gasteiger partial charge is 0.274 e. The van der Waals surface area contributed by atoms with Crippen molar-refractivity contribution in [3.05, 3.63) is 63.7 Å². The number of rotatable bonds is 7. The second-order valence-corrected chi connectivity index (χ2v) is 5.12. The molecule has 0 fully saturated rings. The molecule has 0 aliphatic rings. The van der Waals surface area contributed by atoms with E-state index in [1.807, 2.05) is 0 Å². The van der Waals surface area contributed by atoms with Crippen molar-refractivity contribution in [2.24, 2.45) is 5.10 Å². The van der Waals surface area contributed by atoms with Gasteiger partial charge in [-0.1, -0.05) is 30.3 Å². The van der Waals surface area contributed by atoms with Crippen molar-refractivity contribution in [1.29, 1.82) is 0 Å². The van der Waals surface area contributed by atoms with Gasteiger partial charge in [-0.2, -0.15) is 5.10 Å². The van der Waals surface area contributed by atoms with Crippen molar-refractivity contribution in [3.8, 4) is 11.5 Å². The number of amides is 1. The predicted octanol–water partition coefficient (Wildman–Crippen LogP) is 1.88. The summed E-state index contributed by atoms with van der Waals surface area (Å²) in [6, 6.07) is 10.4. The Labute approximate surface area is 148 Å². The summed E-state index contributed by atoms with van der Waals surface area (Å²) in [4.78, 5) is 22.2. The summed E-state index contributed by atoms with van der Waals surface area (Å²) >= 11 is 0. The van der Waals surface area contributed by atoms with E-state index in [0.29, 0.717) is 5.56 Å². The van der Waals surface area contributed by atoms with Gasteiger partial charge in [0, 0.05) is 11.6 Å². The zero-order chi connectivity index (χ0) is 19.1. The molecule has 0 unspecified atom stereocenters. The highest BCUT2D eigenvalue weighted by molar-refractivity contribution is 5.88. The molecular formula is C17H17N3O6. The summed E-state index contributed by atoms with van der Waals surface area (Å²) in [6.45, 7) is 1.86. The van der Waals surface area contributed by atoms with E-state index in [2.05, 4.69) is 10.5 Å². The van der Waals surface area contributed by atoms with Crippen molar-refractivity contribution >= 4 is 17.8 Å². The van der Waals surface area contributed by atoms with Crippen molar-refractivity contribution in [3.63, 3.8) is 0 Å². The zero-order valence-corrected chi connectivity index (χ0v) is 13.8. The number of nitro groups is 1. The lowest BCUT2D eigenvalue weighted by Crippen LogP contribution is -2.25. The molecule has 0 aromatic heterocycles. The monoisotopic (exact) mass is 359 g/mol. The van der Waals surface area contributed by atoms with E-state index in [0.717, 1.165) is 18.3 Å². The maximum atomic E-state index is 11.9. The number of hydrogen-bond acceptors (Lipinski definition) is 7. The highest BCUT2D eigenvalue weighted by Crippen LogP contribution is 2.33. The van der Waals surface area contributed by atoms with Gasteiger partial charge in [0.05, 0.1) is 23.8 Å². The fourth-order valence-electron chi connectivity index (χ4n) is 2.10. The van der Waals surface area contributed by atoms with Gasteiger partial charge in [-0.25, -0.2) is 5.43 Å². The van der Waals surface area contributed by atoms with E-state index in [9.17, 15) is 25.1 Å². The number of nitrogens with zero attached hydrogens (tertiary/aromatic N) is 2. The van der Waals surface area contributed by atoms with Gasteiger partial charge in [-0.3, -0.25) is 14.9 Å². The molecule has 1 amide bonds. The SMILES string of the molecule is CCOc1cc([N+](=O)[O-])cc(/C=N\NC(=O)[C@H](O)c2ccccc2)c1O. The van der Waals surface area contributed by atoms with E-state index < -0.39 is 16.9 Å². The molecule has 0 aliphatic heterocycles. The van der Waals surface area contributed by atoms with Gasteiger partial charge >= 0.3 is 0 Å². The fourth-order valence-corrected chi connectivity index (χ4v) is 2.10. The number of aliphatic hydroxyl groups is 1. The van der Waals surface area contributed by atoms with E-state index in [-0.39, 0.29) is 29.4 Å². The molecule has 2 aromatic rings. The standard InChI is InChI=1S/C17H17N3O6/c1-2-26-14-9-13(20(24)25)8-12(15(14)21)10-18-19-17(23)16(22)11-6-4-3-5-7-11/h3-10,16,21-22H,2H2,1H3,(H,19,23)/b18-10-/t16-/m1/s1. The number of carbonyl (C=O) groups excluding carboxylic acids is 1. The third kappa shape index (κ3) is 4.54. The molecule has 0 aliphatic carbocycles. The van der Waals surface area contributed by atoms with Crippen LogP contribution >= 0.6 is 0 Å². The summed E-state index contributed by atoms with van der Waals surface area (Å²) in [5, 5.41) is 34.6. The van der Waals surface area contributed by atoms with Crippen LogP contribution in [0.5, 0.6) is 11.5 Å². The Bertz CT molecular complexity index is 823. The number of non-ortho nitro benzene ring substituents is 1. The number of ether oxygens (including phenoxy) is 1. The summed E-state index contributed by atoms with van der Waals surface area (Å²) in [5.74, 6) is -1.21. The molecule has 0 radical (unpaired) electrons. The molecule has 0 heterocycles. The largest absolute Gasteiger partial charge is 0.504 e. The maximum Gasteiger partial charge on any atom is 0.274 e. The first kappa shape index (κ1) is 18.9. The molecule has 0 saturated heterocycles. The van der Waals surface area contributed by atoms with Crippen molar-refractivity contribution in [1.82, 2.24) is 5.43 Å². The van der Waals surface area contributed by atoms with Crippen LogP contribution in [-0.4, -0.2) is 33.9 Å². The lowest BCUT2D eigenvalue weighted by atomic mass is 10.1. The third-order valence-corrected chi connectivity index (χ3v) is 3.34. The van der Waals surface area contributed by atoms with Gasteiger partial charge in [0.1, 0.15) is 0 Å². The molecule has 0 saturated carbocycles. The van der Waals surface area contributed by atoms with Crippen LogP contribution in [0, 0.1) is 10.1 Å². The van der Waals surface area contributed by atoms with Gasteiger partial charge in [0.15, 0.2) is 17.6 Å². The van der Waals surface area contributed by atoms with Gasteiger partial charge in [-0.05, 0) is 12.5 Å². The Kier molecular flexibility index (Phi) is 6.23. The number of phenols is 1. The van der Waals surface area contributed by atoms with Crippen LogP contribution in [0.15, 0.2) is 47.6 Å². The molecule has 3 N–H and O–H groups in total. The number of nitrogens with one attached hydrogen (secondary N) is 1. The maximum absolute atomic E-state index is 11.9. The van der Waals surface area contributed by atoms with Gasteiger partial charge in [0.25, 0.3) is 11.6 Å². The van der Waals surface area contributed by atoms with Gasteiger partial charge in [0.2, 0.25) is 0 Å². The van der Waals surface area contributed by atoms with Crippen molar-refractivity contribution < 1.29 is 24.7 Å². The minimum atomic E-state index is -1.42. The second kappa shape index (κ2) is 8.58. The van der Waals surface area contributed by atoms with Crippen LogP contribution < -0.4 is 10.2 Å². The molecule has 1 atom stereocenters. The quantitative estimate of drug-likeness (QED) is 0.392. The number of hydrazone groups is 1. The molecule has 26 heavy (non-hydrogen) atoms. The number of benzene rings is 2. The number of aromatic hydroxyl groups is 1. The highest BCUT2D eigenvalue weighted by Gasteiger charge is 2.18. The van der Waals surface area contributed by atoms with Crippen LogP contribution in [0.3, 0.4) is 0 Å². The fraction of sp³-hybridized carbons (Fsp3) is 0.176. The third-order valence-electron chi connectivity index (χ3n) is 3.34. The average Bonchev–Trinajstić information content (AvgIpc) is 2.64. The summed E-state index contributed by atoms with van der Waals surface area (Å²) in [5.41, 5.74) is 2.18. The van der Waals surface area contributed by atoms with E-state index >= 15 is 0 Å². The van der Waals surface area contributed by atoms with Crippen LogP contribution in [0.4, 0.5) is 5.69 Å². The molecule has 9 heteroatoms. The Balaban J connectivity index is 2.16. The van der Waals surface area contributed by atoms with Crippen LogP contribution in [0.1, 0.15) is 24.2 Å². The average molecular weight is 359 g/mol. The predicted molar refractivity (Wildman–Crippen MR) is 93.1 cm³/mol. The lowest BCUT2D eigenvalue weighted by Gasteiger charge is -2.09. The van der Waals surface area contributed by atoms with Gasteiger partial charge in [-0.15, -0.1) is 0 Å². The molecular weight excluding hydrogens is 342 g/mol. The number of phenolic OH excluding ortho intramolecular Hbond substituents is 1. The summed E-state index contributed by atoms with van der Waals surface area (Å²) in [7, 11) is 0. The lowest BCUT2D eigenvalue weighted by molar-refractivity contribution is -0.385. The first-order chi connectivity index (χ1) is 12.4. The van der Waals surface area contributed by atoms with E-state index in [1.54, 1.807) is 37.3 Å². The first-order valence-corrected chi connectivity index (χ1v) is 7.64. The molecule has 0 bridgehead atoms. The second-order valence-electron chi connectivity index (χ2n) is 5.12. The summed E-state index contributed by atoms with van der Waals surface area (Å²) in [6.07, 6.45) is -0.397. The van der Waals surface area contributed by atoms with Gasteiger partial charge < -0.3 is 14.9 Å².